The summed E-state index contributed by atoms with van der Waals surface area (Å²) in [5.74, 6) is 0. The molecule has 1 radical (unpaired) electrons. The molecule has 0 spiro atoms. The lowest BCUT2D eigenvalue weighted by Gasteiger charge is -2.04. The second-order valence-corrected chi connectivity index (χ2v) is 5.75. The molecule has 0 aliphatic carbocycles. The van der Waals surface area contributed by atoms with E-state index in [4.69, 9.17) is 0 Å². The van der Waals surface area contributed by atoms with Gasteiger partial charge in [-0.25, -0.2) is 0 Å². The van der Waals surface area contributed by atoms with Crippen LogP contribution in [0.4, 0.5) is 0 Å². The Morgan fingerprint density at radius 1 is 0.905 bits per heavy atom. The van der Waals surface area contributed by atoms with Gasteiger partial charge >= 0.3 is 0 Å². The first-order chi connectivity index (χ1) is 10.1. The minimum atomic E-state index is 1.15. The van der Waals surface area contributed by atoms with E-state index in [1.54, 1.807) is 0 Å². The van der Waals surface area contributed by atoms with Crippen LogP contribution >= 0.6 is 0 Å². The summed E-state index contributed by atoms with van der Waals surface area (Å²) in [6, 6.07) is 16.5. The van der Waals surface area contributed by atoms with Gasteiger partial charge in [0.2, 0.25) is 0 Å². The highest BCUT2D eigenvalue weighted by molar-refractivity contribution is 5.98. The van der Waals surface area contributed by atoms with E-state index >= 15 is 0 Å². The molecule has 0 saturated heterocycles. The Morgan fingerprint density at radius 2 is 1.76 bits per heavy atom. The molecule has 2 aromatic carbocycles. The van der Waals surface area contributed by atoms with E-state index in [1.807, 2.05) is 0 Å². The monoisotopic (exact) mass is 273 g/mol. The first-order valence-electron chi connectivity index (χ1n) is 7.23. The third-order valence-electron chi connectivity index (χ3n) is 4.29. The van der Waals surface area contributed by atoms with Crippen molar-refractivity contribution < 1.29 is 0 Å². The minimum Gasteiger partial charge on any atom is -0.359 e. The molecular formula is C19H17N2. The van der Waals surface area contributed by atoms with Crippen molar-refractivity contribution in [3.8, 4) is 11.1 Å². The zero-order valence-corrected chi connectivity index (χ0v) is 12.5. The highest BCUT2D eigenvalue weighted by atomic mass is 14.7. The lowest BCUT2D eigenvalue weighted by Crippen LogP contribution is -1.80. The van der Waals surface area contributed by atoms with Gasteiger partial charge in [-0.05, 0) is 55.7 Å². The topological polar surface area (TPSA) is 31.6 Å². The van der Waals surface area contributed by atoms with Crippen molar-refractivity contribution >= 4 is 21.8 Å². The number of hydrogen-bond acceptors (Lipinski definition) is 0. The average molecular weight is 273 g/mol. The molecule has 103 valence electrons. The van der Waals surface area contributed by atoms with E-state index in [0.717, 1.165) is 11.1 Å². The minimum absolute atomic E-state index is 1.15. The number of nitrogens with one attached hydrogen (secondary N) is 2. The summed E-state index contributed by atoms with van der Waals surface area (Å²) in [5, 5.41) is 2.45. The third-order valence-corrected chi connectivity index (χ3v) is 4.29. The number of hydrogen-bond donors (Lipinski definition) is 2. The van der Waals surface area contributed by atoms with Gasteiger partial charge in [0, 0.05) is 39.3 Å². The van der Waals surface area contributed by atoms with Crippen LogP contribution in [0.2, 0.25) is 0 Å². The van der Waals surface area contributed by atoms with Crippen molar-refractivity contribution in [2.75, 3.05) is 0 Å². The van der Waals surface area contributed by atoms with Gasteiger partial charge in [-0.1, -0.05) is 18.2 Å². The first-order valence-corrected chi connectivity index (χ1v) is 7.23. The summed E-state index contributed by atoms with van der Waals surface area (Å²) < 4.78 is 0. The van der Waals surface area contributed by atoms with Crippen molar-refractivity contribution in [1.29, 1.82) is 0 Å². The van der Waals surface area contributed by atoms with Gasteiger partial charge in [0.05, 0.1) is 0 Å². The molecule has 2 aromatic heterocycles. The highest BCUT2D eigenvalue weighted by Gasteiger charge is 2.09. The number of aromatic nitrogens is 2. The van der Waals surface area contributed by atoms with Crippen LogP contribution < -0.4 is 0 Å². The molecule has 2 N–H and O–H groups in total. The normalized spacial score (nSPS) is 11.6. The van der Waals surface area contributed by atoms with Crippen LogP contribution in [-0.4, -0.2) is 9.97 Å². The van der Waals surface area contributed by atoms with Crippen LogP contribution in [0.15, 0.2) is 36.4 Å². The Kier molecular flexibility index (Phi) is 2.49. The van der Waals surface area contributed by atoms with E-state index in [9.17, 15) is 0 Å². The van der Waals surface area contributed by atoms with Crippen molar-refractivity contribution in [2.45, 2.75) is 20.8 Å². The molecule has 2 heteroatoms. The van der Waals surface area contributed by atoms with Crippen LogP contribution in [0.5, 0.6) is 0 Å². The molecule has 0 unspecified atom stereocenters. The molecule has 4 rings (SSSR count). The molecule has 0 fully saturated rings. The number of aryl methyl sites for hydroxylation is 3. The van der Waals surface area contributed by atoms with Gasteiger partial charge in [-0.15, -0.1) is 0 Å². The molecule has 0 aliphatic rings. The van der Waals surface area contributed by atoms with E-state index in [-0.39, 0.29) is 0 Å². The second-order valence-electron chi connectivity index (χ2n) is 5.75. The zero-order chi connectivity index (χ0) is 14.6. The Hall–Kier alpha value is -2.48. The smallest absolute Gasteiger partial charge is 0.0465 e. The summed E-state index contributed by atoms with van der Waals surface area (Å²) in [7, 11) is 0. The molecule has 0 saturated carbocycles. The molecule has 0 bridgehead atoms. The Morgan fingerprint density at radius 3 is 2.62 bits per heavy atom. The maximum absolute atomic E-state index is 3.59. The largest absolute Gasteiger partial charge is 0.359 e. The fourth-order valence-electron chi connectivity index (χ4n) is 3.06. The zero-order valence-electron chi connectivity index (χ0n) is 12.5. The molecular weight excluding hydrogens is 256 g/mol. The lowest BCUT2D eigenvalue weighted by atomic mass is 9.99. The molecule has 0 amide bonds. The van der Waals surface area contributed by atoms with E-state index in [1.165, 1.54) is 38.8 Å². The summed E-state index contributed by atoms with van der Waals surface area (Å²) in [6.07, 6.45) is 0. The standard InChI is InChI=1S/C19H17N2/c1-11-9-17-15(5-4-6-18(17)20-11)14-7-8-19-16(10-14)12(2)13(3)21-19/h4-9,20-21H,1-3H3. The maximum Gasteiger partial charge on any atom is 0.0465 e. The van der Waals surface area contributed by atoms with E-state index in [0.29, 0.717) is 0 Å². The number of rotatable bonds is 1. The Bertz CT molecular complexity index is 970. The van der Waals surface area contributed by atoms with Gasteiger partial charge in [0.1, 0.15) is 0 Å². The molecule has 2 nitrogen and oxygen atoms in total. The van der Waals surface area contributed by atoms with Gasteiger partial charge in [-0.2, -0.15) is 0 Å². The SMILES string of the molecule is Cc1cc2c(-c3[c]c4c(C)c(C)[nH]c4cc3)cccc2[nH]1. The average Bonchev–Trinajstić information content (AvgIpc) is 2.98. The van der Waals surface area contributed by atoms with Gasteiger partial charge < -0.3 is 9.97 Å². The fourth-order valence-corrected chi connectivity index (χ4v) is 3.06. The highest BCUT2D eigenvalue weighted by Crippen LogP contribution is 2.32. The Balaban J connectivity index is 2.01. The van der Waals surface area contributed by atoms with E-state index < -0.39 is 0 Å². The second kappa shape index (κ2) is 4.26. The number of H-pyrrole nitrogens is 2. The maximum atomic E-state index is 3.59. The predicted octanol–water partition coefficient (Wildman–Crippen LogP) is 5.04. The molecule has 21 heavy (non-hydrogen) atoms. The van der Waals surface area contributed by atoms with Crippen LogP contribution in [0, 0.1) is 26.8 Å². The fraction of sp³-hybridized carbons (Fsp3) is 0.158. The van der Waals surface area contributed by atoms with Crippen LogP contribution in [0.3, 0.4) is 0 Å². The van der Waals surface area contributed by atoms with Crippen LogP contribution in [0.1, 0.15) is 17.0 Å². The van der Waals surface area contributed by atoms with E-state index in [2.05, 4.69) is 73.2 Å². The van der Waals surface area contributed by atoms with Crippen molar-refractivity contribution in [1.82, 2.24) is 9.97 Å². The molecule has 0 aliphatic heterocycles. The van der Waals surface area contributed by atoms with Crippen molar-refractivity contribution in [3.63, 3.8) is 0 Å². The number of fused-ring (bicyclic) bond motifs is 2. The summed E-state index contributed by atoms with van der Waals surface area (Å²) in [4.78, 5) is 6.81. The number of benzene rings is 2. The third kappa shape index (κ3) is 1.79. The quantitative estimate of drug-likeness (QED) is 0.487. The molecule has 2 heterocycles. The Labute approximate surface area is 123 Å². The molecule has 4 aromatic rings. The van der Waals surface area contributed by atoms with Gasteiger partial charge in [0.25, 0.3) is 0 Å². The first kappa shape index (κ1) is 12.3. The summed E-state index contributed by atoms with van der Waals surface area (Å²) in [5.41, 5.74) is 8.41. The predicted molar refractivity (Wildman–Crippen MR) is 88.6 cm³/mol. The van der Waals surface area contributed by atoms with Crippen molar-refractivity contribution in [3.05, 3.63) is 59.4 Å². The van der Waals surface area contributed by atoms with Crippen LogP contribution in [0.25, 0.3) is 32.9 Å². The van der Waals surface area contributed by atoms with Gasteiger partial charge in [0.15, 0.2) is 0 Å². The lowest BCUT2D eigenvalue weighted by molar-refractivity contribution is 1.25. The number of aromatic amines is 2. The van der Waals surface area contributed by atoms with Crippen molar-refractivity contribution in [2.24, 2.45) is 0 Å². The summed E-state index contributed by atoms with van der Waals surface area (Å²) >= 11 is 0. The van der Waals surface area contributed by atoms with Crippen LogP contribution in [-0.2, 0) is 0 Å². The summed E-state index contributed by atoms with van der Waals surface area (Å²) in [6.45, 7) is 6.35. The molecule has 0 atom stereocenters. The van der Waals surface area contributed by atoms with Gasteiger partial charge in [-0.3, -0.25) is 0 Å².